The van der Waals surface area contributed by atoms with Gasteiger partial charge in [0.2, 0.25) is 0 Å². The quantitative estimate of drug-likeness (QED) is 0.700. The Bertz CT molecular complexity index is 906. The Morgan fingerprint density at radius 1 is 1.15 bits per heavy atom. The number of halogens is 3. The summed E-state index contributed by atoms with van der Waals surface area (Å²) in [6.45, 7) is 1.83. The van der Waals surface area contributed by atoms with Crippen LogP contribution >= 0.6 is 0 Å². The molecule has 0 radical (unpaired) electrons. The van der Waals surface area contributed by atoms with Gasteiger partial charge in [-0.15, -0.1) is 0 Å². The average Bonchev–Trinajstić information content (AvgIpc) is 3.20. The van der Waals surface area contributed by atoms with Crippen molar-refractivity contribution in [1.29, 1.82) is 0 Å². The van der Waals surface area contributed by atoms with Gasteiger partial charge in [0, 0.05) is 13.2 Å². The van der Waals surface area contributed by atoms with Gasteiger partial charge in [0.25, 0.3) is 5.91 Å². The van der Waals surface area contributed by atoms with Crippen LogP contribution in [0.25, 0.3) is 5.69 Å². The maximum atomic E-state index is 12.6. The fourth-order valence-electron chi connectivity index (χ4n) is 2.54. The van der Waals surface area contributed by atoms with Crippen molar-refractivity contribution in [3.63, 3.8) is 0 Å². The first-order chi connectivity index (χ1) is 12.8. The first kappa shape index (κ1) is 18.6. The Labute approximate surface area is 153 Å². The van der Waals surface area contributed by atoms with E-state index in [1.54, 1.807) is 18.1 Å². The number of amides is 1. The molecule has 0 saturated carbocycles. The van der Waals surface area contributed by atoms with Crippen molar-refractivity contribution in [2.24, 2.45) is 0 Å². The molecule has 2 aromatic heterocycles. The van der Waals surface area contributed by atoms with Crippen molar-refractivity contribution in [2.75, 3.05) is 7.05 Å². The molecule has 1 atom stereocenters. The molecular formula is C18H16F3N5O. The molecule has 0 N–H and O–H groups in total. The van der Waals surface area contributed by atoms with Crippen molar-refractivity contribution in [2.45, 2.75) is 19.1 Å². The molecule has 0 aliphatic rings. The molecule has 0 aliphatic heterocycles. The molecule has 0 aliphatic carbocycles. The third-order valence-electron chi connectivity index (χ3n) is 4.26. The van der Waals surface area contributed by atoms with E-state index >= 15 is 0 Å². The van der Waals surface area contributed by atoms with E-state index in [-0.39, 0.29) is 11.6 Å². The largest absolute Gasteiger partial charge is 0.433 e. The highest BCUT2D eigenvalue weighted by atomic mass is 19.4. The van der Waals surface area contributed by atoms with E-state index in [9.17, 15) is 18.0 Å². The number of hydrogen-bond acceptors (Lipinski definition) is 4. The SMILES string of the molecule is C[C@H](c1ccc(-n2cncn2)cc1)N(C)C(=O)c1ccc(C(F)(F)F)nc1. The minimum atomic E-state index is -4.54. The zero-order chi connectivity index (χ0) is 19.6. The number of alkyl halides is 3. The van der Waals surface area contributed by atoms with Crippen LogP contribution in [0.2, 0.25) is 0 Å². The summed E-state index contributed by atoms with van der Waals surface area (Å²) in [4.78, 5) is 21.2. The van der Waals surface area contributed by atoms with E-state index in [0.717, 1.165) is 29.6 Å². The van der Waals surface area contributed by atoms with Crippen molar-refractivity contribution < 1.29 is 18.0 Å². The molecule has 9 heteroatoms. The highest BCUT2D eigenvalue weighted by Gasteiger charge is 2.32. The number of rotatable bonds is 4. The number of hydrogen-bond donors (Lipinski definition) is 0. The maximum Gasteiger partial charge on any atom is 0.433 e. The number of aromatic nitrogens is 4. The van der Waals surface area contributed by atoms with Crippen LogP contribution in [-0.2, 0) is 6.18 Å². The zero-order valence-corrected chi connectivity index (χ0v) is 14.6. The molecule has 140 valence electrons. The molecule has 2 heterocycles. The zero-order valence-electron chi connectivity index (χ0n) is 14.6. The normalized spacial score (nSPS) is 12.6. The lowest BCUT2D eigenvalue weighted by atomic mass is 10.1. The lowest BCUT2D eigenvalue weighted by Crippen LogP contribution is -2.29. The van der Waals surface area contributed by atoms with Gasteiger partial charge in [-0.2, -0.15) is 18.3 Å². The Morgan fingerprint density at radius 2 is 1.85 bits per heavy atom. The second kappa shape index (κ2) is 7.18. The first-order valence-corrected chi connectivity index (χ1v) is 8.03. The Morgan fingerprint density at radius 3 is 2.37 bits per heavy atom. The third-order valence-corrected chi connectivity index (χ3v) is 4.26. The van der Waals surface area contributed by atoms with Gasteiger partial charge in [-0.05, 0) is 36.8 Å². The number of nitrogens with zero attached hydrogens (tertiary/aromatic N) is 5. The van der Waals surface area contributed by atoms with E-state index < -0.39 is 17.8 Å². The molecule has 3 aromatic rings. The van der Waals surface area contributed by atoms with Crippen molar-refractivity contribution in [3.05, 3.63) is 72.1 Å². The maximum absolute atomic E-state index is 12.6. The van der Waals surface area contributed by atoms with Crippen molar-refractivity contribution in [1.82, 2.24) is 24.6 Å². The van der Waals surface area contributed by atoms with Crippen LogP contribution in [0.5, 0.6) is 0 Å². The van der Waals surface area contributed by atoms with Crippen LogP contribution in [0.3, 0.4) is 0 Å². The topological polar surface area (TPSA) is 63.9 Å². The van der Waals surface area contributed by atoms with Crippen LogP contribution in [0.1, 0.15) is 34.6 Å². The van der Waals surface area contributed by atoms with Gasteiger partial charge in [0.05, 0.1) is 17.3 Å². The molecule has 0 saturated heterocycles. The summed E-state index contributed by atoms with van der Waals surface area (Å²) in [5.74, 6) is -0.413. The van der Waals surface area contributed by atoms with Gasteiger partial charge in [0.1, 0.15) is 18.3 Å². The minimum Gasteiger partial charge on any atom is -0.335 e. The smallest absolute Gasteiger partial charge is 0.335 e. The van der Waals surface area contributed by atoms with E-state index in [1.165, 1.54) is 11.2 Å². The molecule has 0 unspecified atom stereocenters. The van der Waals surface area contributed by atoms with Crippen molar-refractivity contribution >= 4 is 5.91 Å². The molecule has 0 fully saturated rings. The number of pyridine rings is 1. The monoisotopic (exact) mass is 375 g/mol. The predicted octanol–water partition coefficient (Wildman–Crippen LogP) is 3.51. The summed E-state index contributed by atoms with van der Waals surface area (Å²) in [6.07, 6.45) is -0.582. The van der Waals surface area contributed by atoms with Gasteiger partial charge < -0.3 is 4.90 Å². The van der Waals surface area contributed by atoms with Crippen LogP contribution in [-0.4, -0.2) is 37.6 Å². The second-order valence-corrected chi connectivity index (χ2v) is 5.95. The Kier molecular flexibility index (Phi) is 4.93. The number of carbonyl (C=O) groups excluding carboxylic acids is 1. The first-order valence-electron chi connectivity index (χ1n) is 8.03. The molecule has 1 amide bonds. The summed E-state index contributed by atoms with van der Waals surface area (Å²) in [7, 11) is 1.59. The molecular weight excluding hydrogens is 359 g/mol. The van der Waals surface area contributed by atoms with Gasteiger partial charge in [-0.25, -0.2) is 9.67 Å². The van der Waals surface area contributed by atoms with Crippen LogP contribution in [0.15, 0.2) is 55.2 Å². The van der Waals surface area contributed by atoms with E-state index in [0.29, 0.717) is 0 Å². The standard InChI is InChI=1S/C18H16F3N5O/c1-12(13-3-6-15(7-4-13)26-11-22-10-24-26)25(2)17(27)14-5-8-16(23-9-14)18(19,20)21/h3-12H,1-2H3/t12-/m1/s1. The highest BCUT2D eigenvalue weighted by molar-refractivity contribution is 5.94. The van der Waals surface area contributed by atoms with Gasteiger partial charge in [-0.1, -0.05) is 12.1 Å². The highest BCUT2D eigenvalue weighted by Crippen LogP contribution is 2.28. The lowest BCUT2D eigenvalue weighted by molar-refractivity contribution is -0.141. The summed E-state index contributed by atoms with van der Waals surface area (Å²) in [5.41, 5.74) is 0.758. The molecule has 6 nitrogen and oxygen atoms in total. The fraction of sp³-hybridized carbons (Fsp3) is 0.222. The predicted molar refractivity (Wildman–Crippen MR) is 91.1 cm³/mol. The van der Waals surface area contributed by atoms with Crippen molar-refractivity contribution in [3.8, 4) is 5.69 Å². The Balaban J connectivity index is 1.74. The molecule has 0 bridgehead atoms. The lowest BCUT2D eigenvalue weighted by Gasteiger charge is -2.25. The van der Waals surface area contributed by atoms with E-state index in [1.807, 2.05) is 31.2 Å². The fourth-order valence-corrected chi connectivity index (χ4v) is 2.54. The van der Waals surface area contributed by atoms with Crippen LogP contribution in [0.4, 0.5) is 13.2 Å². The second-order valence-electron chi connectivity index (χ2n) is 5.95. The molecule has 1 aromatic carbocycles. The number of benzene rings is 1. The molecule has 0 spiro atoms. The van der Waals surface area contributed by atoms with Crippen LogP contribution < -0.4 is 0 Å². The van der Waals surface area contributed by atoms with E-state index in [4.69, 9.17) is 0 Å². The summed E-state index contributed by atoms with van der Waals surface area (Å²) in [5, 5.41) is 4.04. The van der Waals surface area contributed by atoms with E-state index in [2.05, 4.69) is 15.1 Å². The number of carbonyl (C=O) groups is 1. The molecule has 3 rings (SSSR count). The summed E-state index contributed by atoms with van der Waals surface area (Å²) >= 11 is 0. The molecule has 27 heavy (non-hydrogen) atoms. The Hall–Kier alpha value is -3.23. The van der Waals surface area contributed by atoms with Crippen LogP contribution in [0, 0.1) is 0 Å². The average molecular weight is 375 g/mol. The minimum absolute atomic E-state index is 0.0941. The summed E-state index contributed by atoms with van der Waals surface area (Å²) in [6, 6.07) is 9.06. The summed E-state index contributed by atoms with van der Waals surface area (Å²) < 4.78 is 39.4. The van der Waals surface area contributed by atoms with Gasteiger partial charge in [0.15, 0.2) is 0 Å². The van der Waals surface area contributed by atoms with Gasteiger partial charge >= 0.3 is 6.18 Å². The van der Waals surface area contributed by atoms with Gasteiger partial charge in [-0.3, -0.25) is 9.78 Å². The third kappa shape index (κ3) is 3.97.